The maximum absolute atomic E-state index is 12.6. The highest BCUT2D eigenvalue weighted by molar-refractivity contribution is 6.08. The van der Waals surface area contributed by atoms with E-state index in [1.807, 2.05) is 24.3 Å². The van der Waals surface area contributed by atoms with E-state index in [-0.39, 0.29) is 11.8 Å². The zero-order valence-electron chi connectivity index (χ0n) is 14.4. The van der Waals surface area contributed by atoms with Crippen LogP contribution in [0.3, 0.4) is 0 Å². The van der Waals surface area contributed by atoms with Crippen molar-refractivity contribution < 1.29 is 14.3 Å². The highest BCUT2D eigenvalue weighted by atomic mass is 16.5. The molecule has 2 amide bonds. The van der Waals surface area contributed by atoms with Crippen LogP contribution in [-0.4, -0.2) is 29.1 Å². The van der Waals surface area contributed by atoms with E-state index in [4.69, 9.17) is 4.74 Å². The topological polar surface area (TPSA) is 96.1 Å². The van der Waals surface area contributed by atoms with Gasteiger partial charge in [-0.1, -0.05) is 6.07 Å². The fraction of sp³-hybridized carbons (Fsp3) is 0.105. The summed E-state index contributed by atoms with van der Waals surface area (Å²) in [6, 6.07) is 14.3. The van der Waals surface area contributed by atoms with Crippen molar-refractivity contribution in [3.8, 4) is 17.0 Å². The monoisotopic (exact) mass is 350 g/mol. The van der Waals surface area contributed by atoms with Crippen molar-refractivity contribution in [3.05, 3.63) is 60.3 Å². The first-order valence-corrected chi connectivity index (χ1v) is 7.93. The second-order valence-electron chi connectivity index (χ2n) is 5.60. The van der Waals surface area contributed by atoms with E-state index < -0.39 is 0 Å². The average Bonchev–Trinajstić information content (AvgIpc) is 3.11. The van der Waals surface area contributed by atoms with E-state index >= 15 is 0 Å². The van der Waals surface area contributed by atoms with Crippen molar-refractivity contribution in [2.45, 2.75) is 6.92 Å². The Hall–Kier alpha value is -3.61. The van der Waals surface area contributed by atoms with Gasteiger partial charge in [-0.05, 0) is 42.5 Å². The predicted octanol–water partition coefficient (Wildman–Crippen LogP) is 3.30. The summed E-state index contributed by atoms with van der Waals surface area (Å²) >= 11 is 0. The van der Waals surface area contributed by atoms with Crippen LogP contribution < -0.4 is 15.4 Å². The zero-order valence-corrected chi connectivity index (χ0v) is 14.4. The summed E-state index contributed by atoms with van der Waals surface area (Å²) in [5, 5.41) is 12.3. The van der Waals surface area contributed by atoms with E-state index in [9.17, 15) is 9.59 Å². The van der Waals surface area contributed by atoms with Gasteiger partial charge in [-0.25, -0.2) is 0 Å². The third-order valence-corrected chi connectivity index (χ3v) is 3.70. The number of methoxy groups -OCH3 is 1. The largest absolute Gasteiger partial charge is 0.497 e. The number of rotatable bonds is 5. The van der Waals surface area contributed by atoms with Gasteiger partial charge in [0.2, 0.25) is 5.91 Å². The van der Waals surface area contributed by atoms with Crippen LogP contribution in [0.15, 0.2) is 54.7 Å². The lowest BCUT2D eigenvalue weighted by molar-refractivity contribution is -0.114. The van der Waals surface area contributed by atoms with Gasteiger partial charge in [-0.2, -0.15) is 5.10 Å². The number of nitrogens with one attached hydrogen (secondary N) is 3. The van der Waals surface area contributed by atoms with Crippen molar-refractivity contribution in [2.24, 2.45) is 0 Å². The van der Waals surface area contributed by atoms with Gasteiger partial charge < -0.3 is 15.4 Å². The molecule has 2 aromatic carbocycles. The first-order valence-electron chi connectivity index (χ1n) is 7.93. The summed E-state index contributed by atoms with van der Waals surface area (Å²) in [7, 11) is 1.60. The molecule has 7 heteroatoms. The Kier molecular flexibility index (Phi) is 4.98. The minimum absolute atomic E-state index is 0.176. The Labute approximate surface area is 150 Å². The van der Waals surface area contributed by atoms with Crippen molar-refractivity contribution >= 4 is 23.2 Å². The van der Waals surface area contributed by atoms with E-state index in [2.05, 4.69) is 20.8 Å². The fourth-order valence-corrected chi connectivity index (χ4v) is 2.51. The molecule has 1 heterocycles. The lowest BCUT2D eigenvalue weighted by atomic mass is 10.1. The Balaban J connectivity index is 1.81. The molecular weight excluding hydrogens is 332 g/mol. The second kappa shape index (κ2) is 7.52. The third-order valence-electron chi connectivity index (χ3n) is 3.70. The molecule has 0 spiro atoms. The molecule has 0 atom stereocenters. The van der Waals surface area contributed by atoms with Crippen molar-refractivity contribution in [1.29, 1.82) is 0 Å². The molecule has 1 aromatic heterocycles. The van der Waals surface area contributed by atoms with Gasteiger partial charge in [0.15, 0.2) is 0 Å². The fourth-order valence-electron chi connectivity index (χ4n) is 2.51. The molecule has 0 saturated heterocycles. The standard InChI is InChI=1S/C19H18N4O3/c1-12(24)21-14-4-3-5-15(10-14)22-19(25)17-11-20-23-18(17)13-6-8-16(26-2)9-7-13/h3-11H,1-2H3,(H,20,23)(H,21,24)(H,22,25). The Bertz CT molecular complexity index is 932. The van der Waals surface area contributed by atoms with Crippen LogP contribution in [0, 0.1) is 0 Å². The summed E-state index contributed by atoms with van der Waals surface area (Å²) < 4.78 is 5.15. The van der Waals surface area contributed by atoms with Crippen LogP contribution in [0.25, 0.3) is 11.3 Å². The van der Waals surface area contributed by atoms with Crippen molar-refractivity contribution in [1.82, 2.24) is 10.2 Å². The predicted molar refractivity (Wildman–Crippen MR) is 99.3 cm³/mol. The number of H-pyrrole nitrogens is 1. The first kappa shape index (κ1) is 17.2. The third kappa shape index (κ3) is 3.89. The van der Waals surface area contributed by atoms with Gasteiger partial charge in [0, 0.05) is 23.9 Å². The van der Waals surface area contributed by atoms with Crippen LogP contribution in [-0.2, 0) is 4.79 Å². The Morgan fingerprint density at radius 1 is 1.04 bits per heavy atom. The Morgan fingerprint density at radius 3 is 2.38 bits per heavy atom. The molecule has 3 aromatic rings. The number of hydrogen-bond donors (Lipinski definition) is 3. The van der Waals surface area contributed by atoms with Crippen LogP contribution in [0.1, 0.15) is 17.3 Å². The molecule has 132 valence electrons. The first-order chi connectivity index (χ1) is 12.6. The van der Waals surface area contributed by atoms with E-state index in [1.54, 1.807) is 31.4 Å². The lowest BCUT2D eigenvalue weighted by Gasteiger charge is -2.08. The number of carbonyl (C=O) groups excluding carboxylic acids is 2. The molecule has 0 aliphatic heterocycles. The molecular formula is C19H18N4O3. The van der Waals surface area contributed by atoms with Gasteiger partial charge in [0.05, 0.1) is 24.6 Å². The smallest absolute Gasteiger partial charge is 0.259 e. The maximum atomic E-state index is 12.6. The quantitative estimate of drug-likeness (QED) is 0.658. The maximum Gasteiger partial charge on any atom is 0.259 e. The van der Waals surface area contributed by atoms with Gasteiger partial charge >= 0.3 is 0 Å². The molecule has 3 N–H and O–H groups in total. The molecule has 0 bridgehead atoms. The van der Waals surface area contributed by atoms with Gasteiger partial charge in [0.1, 0.15) is 5.75 Å². The van der Waals surface area contributed by atoms with Crippen LogP contribution in [0.4, 0.5) is 11.4 Å². The molecule has 26 heavy (non-hydrogen) atoms. The number of ether oxygens (including phenoxy) is 1. The zero-order chi connectivity index (χ0) is 18.5. The summed E-state index contributed by atoms with van der Waals surface area (Å²) in [5.74, 6) is 0.253. The number of aromatic amines is 1. The molecule has 7 nitrogen and oxygen atoms in total. The summed E-state index contributed by atoms with van der Waals surface area (Å²) in [4.78, 5) is 23.8. The number of carbonyl (C=O) groups is 2. The normalized spacial score (nSPS) is 10.2. The van der Waals surface area contributed by atoms with Gasteiger partial charge in [-0.3, -0.25) is 14.7 Å². The summed E-state index contributed by atoms with van der Waals surface area (Å²) in [5.41, 5.74) is 3.03. The summed E-state index contributed by atoms with van der Waals surface area (Å²) in [6.07, 6.45) is 1.48. The average molecular weight is 350 g/mol. The van der Waals surface area contributed by atoms with Crippen LogP contribution in [0.2, 0.25) is 0 Å². The van der Waals surface area contributed by atoms with E-state index in [1.165, 1.54) is 13.1 Å². The minimum atomic E-state index is -0.301. The van der Waals surface area contributed by atoms with E-state index in [0.717, 1.165) is 11.3 Å². The molecule has 0 aliphatic rings. The van der Waals surface area contributed by atoms with Gasteiger partial charge in [-0.15, -0.1) is 0 Å². The number of aromatic nitrogens is 2. The number of anilines is 2. The van der Waals surface area contributed by atoms with Crippen LogP contribution >= 0.6 is 0 Å². The second-order valence-corrected chi connectivity index (χ2v) is 5.60. The molecule has 0 saturated carbocycles. The van der Waals surface area contributed by atoms with Crippen LogP contribution in [0.5, 0.6) is 5.75 Å². The SMILES string of the molecule is COc1ccc(-c2[nH]ncc2C(=O)Nc2cccc(NC(C)=O)c2)cc1. The number of benzene rings is 2. The molecule has 0 radical (unpaired) electrons. The lowest BCUT2D eigenvalue weighted by Crippen LogP contribution is -2.13. The molecule has 3 rings (SSSR count). The minimum Gasteiger partial charge on any atom is -0.497 e. The summed E-state index contributed by atoms with van der Waals surface area (Å²) in [6.45, 7) is 1.43. The van der Waals surface area contributed by atoms with E-state index in [0.29, 0.717) is 22.6 Å². The highest BCUT2D eigenvalue weighted by Crippen LogP contribution is 2.25. The van der Waals surface area contributed by atoms with Gasteiger partial charge in [0.25, 0.3) is 5.91 Å². The van der Waals surface area contributed by atoms with Crippen molar-refractivity contribution in [3.63, 3.8) is 0 Å². The molecule has 0 unspecified atom stereocenters. The highest BCUT2D eigenvalue weighted by Gasteiger charge is 2.15. The Morgan fingerprint density at radius 2 is 1.73 bits per heavy atom. The number of nitrogens with zero attached hydrogens (tertiary/aromatic N) is 1. The molecule has 0 fully saturated rings. The van der Waals surface area contributed by atoms with Crippen molar-refractivity contribution in [2.75, 3.05) is 17.7 Å². The molecule has 0 aliphatic carbocycles. The number of hydrogen-bond acceptors (Lipinski definition) is 4. The number of amides is 2.